The number of nitrogens with zero attached hydrogens (tertiary/aromatic N) is 1. The van der Waals surface area contributed by atoms with Gasteiger partial charge >= 0.3 is 0 Å². The summed E-state index contributed by atoms with van der Waals surface area (Å²) in [6, 6.07) is 11.6. The molecule has 22 heavy (non-hydrogen) atoms. The summed E-state index contributed by atoms with van der Waals surface area (Å²) in [7, 11) is 1.76. The first-order valence-electron chi connectivity index (χ1n) is 6.65. The fourth-order valence-electron chi connectivity index (χ4n) is 1.78. The Balaban J connectivity index is 1.71. The van der Waals surface area contributed by atoms with Gasteiger partial charge in [0.15, 0.2) is 0 Å². The van der Waals surface area contributed by atoms with Crippen molar-refractivity contribution in [2.75, 3.05) is 5.75 Å². The highest BCUT2D eigenvalue weighted by atomic mass is 79.9. The van der Waals surface area contributed by atoms with Gasteiger partial charge in [-0.25, -0.2) is 0 Å². The largest absolute Gasteiger partial charge is 0.345 e. The number of benzene rings is 1. The third-order valence-electron chi connectivity index (χ3n) is 2.86. The fraction of sp³-hybridized carbons (Fsp3) is 0.200. The van der Waals surface area contributed by atoms with E-state index in [-0.39, 0.29) is 11.8 Å². The van der Waals surface area contributed by atoms with E-state index in [1.165, 1.54) is 0 Å². The highest BCUT2D eigenvalue weighted by molar-refractivity contribution is 9.10. The highest BCUT2D eigenvalue weighted by Gasteiger charge is 2.11. The molecule has 5 nitrogen and oxygen atoms in total. The van der Waals surface area contributed by atoms with Crippen LogP contribution >= 0.6 is 27.7 Å². The van der Waals surface area contributed by atoms with Crippen LogP contribution in [0.4, 0.5) is 0 Å². The standard InChI is InChI=1S/C15H16BrN3O2S/c1-19-10-11(16)9-13(19)15(21)18-17-14(20)7-8-22-12-5-3-2-4-6-12/h2-6,9-10H,7-8H2,1H3,(H,17,20)(H,18,21). The number of aryl methyl sites for hydroxylation is 1. The third-order valence-corrected chi connectivity index (χ3v) is 4.31. The van der Waals surface area contributed by atoms with Gasteiger partial charge in [-0.1, -0.05) is 18.2 Å². The zero-order valence-electron chi connectivity index (χ0n) is 12.0. The van der Waals surface area contributed by atoms with Crippen LogP contribution in [0.3, 0.4) is 0 Å². The molecule has 2 rings (SSSR count). The van der Waals surface area contributed by atoms with E-state index in [4.69, 9.17) is 0 Å². The second-order valence-electron chi connectivity index (χ2n) is 4.57. The average molecular weight is 382 g/mol. The van der Waals surface area contributed by atoms with Gasteiger partial charge in [-0.15, -0.1) is 11.8 Å². The number of amides is 2. The van der Waals surface area contributed by atoms with Crippen molar-refractivity contribution in [1.29, 1.82) is 0 Å². The van der Waals surface area contributed by atoms with E-state index in [0.717, 1.165) is 9.37 Å². The molecule has 7 heteroatoms. The number of thioether (sulfide) groups is 1. The molecule has 0 saturated heterocycles. The van der Waals surface area contributed by atoms with Crippen LogP contribution in [0, 0.1) is 0 Å². The molecule has 2 amide bonds. The Bertz CT molecular complexity index is 658. The Morgan fingerprint density at radius 2 is 1.95 bits per heavy atom. The summed E-state index contributed by atoms with van der Waals surface area (Å²) < 4.78 is 2.49. The van der Waals surface area contributed by atoms with Gasteiger partial charge in [0.25, 0.3) is 5.91 Å². The van der Waals surface area contributed by atoms with Crippen LogP contribution in [0.2, 0.25) is 0 Å². The minimum absolute atomic E-state index is 0.218. The lowest BCUT2D eigenvalue weighted by atomic mass is 10.4. The number of hydrazine groups is 1. The number of carbonyl (C=O) groups is 2. The summed E-state index contributed by atoms with van der Waals surface area (Å²) in [5.74, 6) is 0.0869. The number of hydrogen-bond donors (Lipinski definition) is 2. The molecular formula is C15H16BrN3O2S. The second kappa shape index (κ2) is 8.05. The minimum Gasteiger partial charge on any atom is -0.345 e. The topological polar surface area (TPSA) is 63.1 Å². The number of nitrogens with one attached hydrogen (secondary N) is 2. The van der Waals surface area contributed by atoms with Gasteiger partial charge < -0.3 is 4.57 Å². The Hall–Kier alpha value is -1.73. The summed E-state index contributed by atoms with van der Waals surface area (Å²) in [6.07, 6.45) is 2.10. The van der Waals surface area contributed by atoms with Gasteiger partial charge in [-0.05, 0) is 34.1 Å². The van der Waals surface area contributed by atoms with Crippen molar-refractivity contribution in [1.82, 2.24) is 15.4 Å². The van der Waals surface area contributed by atoms with Crippen LogP contribution < -0.4 is 10.9 Å². The Kier molecular flexibility index (Phi) is 6.09. The van der Waals surface area contributed by atoms with E-state index < -0.39 is 0 Å². The summed E-state index contributed by atoms with van der Waals surface area (Å²) in [6.45, 7) is 0. The molecule has 0 unspecified atom stereocenters. The van der Waals surface area contributed by atoms with Gasteiger partial charge in [-0.3, -0.25) is 20.4 Å². The molecule has 0 atom stereocenters. The fourth-order valence-corrected chi connectivity index (χ4v) is 3.18. The van der Waals surface area contributed by atoms with Crippen LogP contribution in [0.25, 0.3) is 0 Å². The van der Waals surface area contributed by atoms with E-state index in [1.807, 2.05) is 30.3 Å². The quantitative estimate of drug-likeness (QED) is 0.618. The van der Waals surface area contributed by atoms with Gasteiger partial charge in [0.2, 0.25) is 5.91 Å². The Morgan fingerprint density at radius 1 is 1.23 bits per heavy atom. The summed E-state index contributed by atoms with van der Waals surface area (Å²) >= 11 is 4.90. The number of hydrogen-bond acceptors (Lipinski definition) is 3. The number of rotatable bonds is 5. The molecule has 2 N–H and O–H groups in total. The molecule has 0 radical (unpaired) electrons. The molecule has 0 aliphatic heterocycles. The van der Waals surface area contributed by atoms with Crippen molar-refractivity contribution in [2.24, 2.45) is 7.05 Å². The predicted octanol–water partition coefficient (Wildman–Crippen LogP) is 2.73. The first-order chi connectivity index (χ1) is 10.6. The molecule has 1 heterocycles. The normalized spacial score (nSPS) is 10.3. The minimum atomic E-state index is -0.350. The first-order valence-corrected chi connectivity index (χ1v) is 8.43. The van der Waals surface area contributed by atoms with Gasteiger partial charge in [0.1, 0.15) is 5.69 Å². The zero-order valence-corrected chi connectivity index (χ0v) is 14.4. The molecule has 0 aliphatic rings. The maximum Gasteiger partial charge on any atom is 0.286 e. The molecule has 1 aromatic heterocycles. The average Bonchev–Trinajstić information content (AvgIpc) is 2.84. The summed E-state index contributed by atoms with van der Waals surface area (Å²) in [5, 5.41) is 0. The molecule has 2 aromatic rings. The van der Waals surface area contributed by atoms with E-state index in [9.17, 15) is 9.59 Å². The monoisotopic (exact) mass is 381 g/mol. The van der Waals surface area contributed by atoms with Crippen LogP contribution in [0.5, 0.6) is 0 Å². The molecule has 0 saturated carbocycles. The Labute approximate surface area is 141 Å². The maximum absolute atomic E-state index is 11.9. The van der Waals surface area contributed by atoms with E-state index in [2.05, 4.69) is 26.8 Å². The van der Waals surface area contributed by atoms with Crippen molar-refractivity contribution in [2.45, 2.75) is 11.3 Å². The molecule has 0 bridgehead atoms. The Morgan fingerprint density at radius 3 is 2.59 bits per heavy atom. The lowest BCUT2D eigenvalue weighted by molar-refractivity contribution is -0.121. The number of halogens is 1. The van der Waals surface area contributed by atoms with Crippen molar-refractivity contribution < 1.29 is 9.59 Å². The summed E-state index contributed by atoms with van der Waals surface area (Å²) in [5.41, 5.74) is 5.30. The number of aromatic nitrogens is 1. The lowest BCUT2D eigenvalue weighted by Gasteiger charge is -2.07. The molecule has 116 valence electrons. The molecule has 0 spiro atoms. The van der Waals surface area contributed by atoms with Gasteiger partial charge in [0, 0.05) is 34.8 Å². The second-order valence-corrected chi connectivity index (χ2v) is 6.65. The van der Waals surface area contributed by atoms with Gasteiger partial charge in [0.05, 0.1) is 0 Å². The summed E-state index contributed by atoms with van der Waals surface area (Å²) in [4.78, 5) is 24.7. The van der Waals surface area contributed by atoms with E-state index >= 15 is 0 Å². The van der Waals surface area contributed by atoms with Crippen LogP contribution in [0.15, 0.2) is 52.0 Å². The van der Waals surface area contributed by atoms with Crippen LogP contribution in [-0.4, -0.2) is 22.1 Å². The molecular weight excluding hydrogens is 366 g/mol. The highest BCUT2D eigenvalue weighted by Crippen LogP contribution is 2.17. The lowest BCUT2D eigenvalue weighted by Crippen LogP contribution is -2.42. The van der Waals surface area contributed by atoms with Crippen molar-refractivity contribution >= 4 is 39.5 Å². The zero-order chi connectivity index (χ0) is 15.9. The van der Waals surface area contributed by atoms with Crippen LogP contribution in [-0.2, 0) is 11.8 Å². The van der Waals surface area contributed by atoms with E-state index in [1.54, 1.807) is 35.6 Å². The first kappa shape index (κ1) is 16.6. The SMILES string of the molecule is Cn1cc(Br)cc1C(=O)NNC(=O)CCSc1ccccc1. The third kappa shape index (κ3) is 4.92. The van der Waals surface area contributed by atoms with Gasteiger partial charge in [-0.2, -0.15) is 0 Å². The van der Waals surface area contributed by atoms with Crippen molar-refractivity contribution in [3.05, 3.63) is 52.8 Å². The number of carbonyl (C=O) groups excluding carboxylic acids is 2. The predicted molar refractivity (Wildman–Crippen MR) is 90.5 cm³/mol. The smallest absolute Gasteiger partial charge is 0.286 e. The molecule has 1 aromatic carbocycles. The maximum atomic E-state index is 11.9. The molecule has 0 fully saturated rings. The van der Waals surface area contributed by atoms with Crippen LogP contribution in [0.1, 0.15) is 16.9 Å². The van der Waals surface area contributed by atoms with E-state index in [0.29, 0.717) is 17.9 Å². The molecule has 0 aliphatic carbocycles. The van der Waals surface area contributed by atoms with Crippen molar-refractivity contribution in [3.63, 3.8) is 0 Å². The van der Waals surface area contributed by atoms with Crippen molar-refractivity contribution in [3.8, 4) is 0 Å².